The van der Waals surface area contributed by atoms with Crippen molar-refractivity contribution in [2.24, 2.45) is 21.7 Å². The molecule has 0 bridgehead atoms. The highest BCUT2D eigenvalue weighted by Crippen LogP contribution is 2.26. The zero-order valence-electron chi connectivity index (χ0n) is 87.0. The van der Waals surface area contributed by atoms with E-state index in [0.29, 0.717) is 290 Å². The second kappa shape index (κ2) is 111. The fourth-order valence-electron chi connectivity index (χ4n) is 11.3. The first-order chi connectivity index (χ1) is 63.1. The standard InChI is InChI=1S/C18H38O7.C17H36O6.3C16H34O5.C15H32O4/c1-4-5-8-22-12-18(13-23-9-6-7-19,14-24-10-16(2)20)15-25-11-17(3)21;1-4-6-9-21-13-17(12-20-5-2,14-22-10-7-8-18)15-23-11-16(3)19;1-5-9-10-18-12-16(21-8-4)14-19-13-15(20-7-3)11-17-6-2;1-5-9-10-21-16(12-18-7-3)14-19-13-15(20-8-4)11-17-6-2;1-4-7-10-20-14-16(12-18-5-2,13-19-6-3)15-21-11-8-9-17;1-5-9-10-19-14-15(11-16-6-2,12-17-7-3)13-18-8-4/h16-17,19-21H,4-15H2,1-3H3;16,18-19H,4-15H2,1-3H3;2*15-16H,5-14H2,1-4H3;17H,4-15H2,1-3H3;5-14H2,1-4H3. The van der Waals surface area contributed by atoms with Crippen LogP contribution in [-0.4, -0.2) is 410 Å². The highest BCUT2D eigenvalue weighted by atomic mass is 16.6. The van der Waals surface area contributed by atoms with Gasteiger partial charge in [0.2, 0.25) is 0 Å². The first-order valence-corrected chi connectivity index (χ1v) is 50.1. The van der Waals surface area contributed by atoms with Crippen LogP contribution in [0.5, 0.6) is 0 Å². The van der Waals surface area contributed by atoms with E-state index in [1.807, 2.05) is 83.1 Å². The second-order valence-corrected chi connectivity index (χ2v) is 32.5. The van der Waals surface area contributed by atoms with Crippen molar-refractivity contribution in [1.29, 1.82) is 0 Å². The van der Waals surface area contributed by atoms with Crippen molar-refractivity contribution >= 4 is 0 Å². The molecule has 8 atom stereocenters. The van der Waals surface area contributed by atoms with Crippen LogP contribution in [0.15, 0.2) is 0 Å². The van der Waals surface area contributed by atoms with Gasteiger partial charge in [-0.05, 0) is 162 Å². The van der Waals surface area contributed by atoms with E-state index < -0.39 is 29.1 Å². The zero-order chi connectivity index (χ0) is 98.1. The van der Waals surface area contributed by atoms with E-state index in [0.717, 1.165) is 103 Å². The molecule has 6 N–H and O–H groups in total. The van der Waals surface area contributed by atoms with Gasteiger partial charge in [-0.15, -0.1) is 0 Å². The van der Waals surface area contributed by atoms with E-state index in [1.165, 1.54) is 0 Å². The van der Waals surface area contributed by atoms with Crippen LogP contribution in [0.4, 0.5) is 0 Å². The van der Waals surface area contributed by atoms with E-state index in [9.17, 15) is 15.3 Å². The third-order valence-corrected chi connectivity index (χ3v) is 18.5. The second-order valence-electron chi connectivity index (χ2n) is 32.5. The average molecular weight is 1900 g/mol. The fourth-order valence-corrected chi connectivity index (χ4v) is 11.3. The maximum absolute atomic E-state index is 9.41. The SMILES string of the molecule is CCCCOC(COCC)COCC(COCC)OCC.CCCCOCC(COCC(COCC)OCC)OCC.CCCCOCC(COCC)(COCC)COCC.CCCCOCC(COCC)(COCC)COCCCO.CCCCOCC(COCC)(COCCCO)COCC(C)O.CCCCOCC(COCCCO)(COCC(C)O)COCC(C)O. The molecule has 8 unspecified atom stereocenters. The van der Waals surface area contributed by atoms with Crippen LogP contribution in [0, 0.1) is 21.7 Å². The van der Waals surface area contributed by atoms with Gasteiger partial charge < -0.3 is 154 Å². The molecule has 0 aromatic carbocycles. The Hall–Kier alpha value is -1.28. The van der Waals surface area contributed by atoms with E-state index in [2.05, 4.69) is 41.5 Å². The Bertz CT molecular complexity index is 1950. The molecule has 0 fully saturated rings. The maximum Gasteiger partial charge on any atom is 0.104 e. The van der Waals surface area contributed by atoms with E-state index in [-0.39, 0.29) is 74.9 Å². The minimum Gasteiger partial charge on any atom is -0.396 e. The number of aliphatic hydroxyl groups excluding tert-OH is 6. The highest BCUT2D eigenvalue weighted by Gasteiger charge is 2.36. The summed E-state index contributed by atoms with van der Waals surface area (Å²) in [6, 6.07) is 0. The molecule has 32 heteroatoms. The molecule has 0 aromatic rings. The summed E-state index contributed by atoms with van der Waals surface area (Å²) in [6.07, 6.45) is 13.1. The summed E-state index contributed by atoms with van der Waals surface area (Å²) in [5.41, 5.74) is -1.37. The zero-order valence-corrected chi connectivity index (χ0v) is 87.0. The molecule has 0 amide bonds. The van der Waals surface area contributed by atoms with Gasteiger partial charge in [-0.25, -0.2) is 0 Å². The summed E-state index contributed by atoms with van der Waals surface area (Å²) in [7, 11) is 0. The number of hydrogen-bond donors (Lipinski definition) is 6. The number of hydrogen-bond acceptors (Lipinski definition) is 32. The molecule has 130 heavy (non-hydrogen) atoms. The summed E-state index contributed by atoms with van der Waals surface area (Å²) in [5, 5.41) is 54.8. The smallest absolute Gasteiger partial charge is 0.104 e. The lowest BCUT2D eigenvalue weighted by molar-refractivity contribution is -0.119. The lowest BCUT2D eigenvalue weighted by Gasteiger charge is -2.33. The Morgan fingerprint density at radius 2 is 0.338 bits per heavy atom. The number of ether oxygens (including phenoxy) is 26. The van der Waals surface area contributed by atoms with Crippen molar-refractivity contribution in [3.05, 3.63) is 0 Å². The molecular weight excluding hydrogens is 1690 g/mol. The summed E-state index contributed by atoms with van der Waals surface area (Å²) in [5.74, 6) is 0. The molecule has 0 rings (SSSR count). The van der Waals surface area contributed by atoms with Crippen LogP contribution in [0.2, 0.25) is 0 Å². The third-order valence-electron chi connectivity index (χ3n) is 18.5. The van der Waals surface area contributed by atoms with Gasteiger partial charge in [0.05, 0.1) is 218 Å². The predicted molar refractivity (Wildman–Crippen MR) is 514 cm³/mol. The van der Waals surface area contributed by atoms with Gasteiger partial charge >= 0.3 is 0 Å². The quantitative estimate of drug-likeness (QED) is 0.0308. The predicted octanol–water partition coefficient (Wildman–Crippen LogP) is 13.1. The molecule has 0 radical (unpaired) electrons. The Labute approximate surface area is 793 Å². The van der Waals surface area contributed by atoms with Crippen LogP contribution >= 0.6 is 0 Å². The minimum atomic E-state index is -0.549. The Kier molecular flexibility index (Phi) is 119. The maximum atomic E-state index is 9.41. The first kappa shape index (κ1) is 139. The van der Waals surface area contributed by atoms with Gasteiger partial charge in [-0.3, -0.25) is 0 Å². The van der Waals surface area contributed by atoms with Gasteiger partial charge in [-0.2, -0.15) is 0 Å². The molecule has 792 valence electrons. The van der Waals surface area contributed by atoms with E-state index in [1.54, 1.807) is 20.8 Å². The lowest BCUT2D eigenvalue weighted by Crippen LogP contribution is -2.43. The van der Waals surface area contributed by atoms with E-state index in [4.69, 9.17) is 138 Å². The Balaban J connectivity index is -0.000000356. The molecule has 0 heterocycles. The van der Waals surface area contributed by atoms with E-state index >= 15 is 0 Å². The van der Waals surface area contributed by atoms with Gasteiger partial charge in [0.1, 0.15) is 24.4 Å². The van der Waals surface area contributed by atoms with Crippen molar-refractivity contribution in [2.75, 3.05) is 337 Å². The molecule has 32 nitrogen and oxygen atoms in total. The summed E-state index contributed by atoms with van der Waals surface area (Å²) >= 11 is 0. The van der Waals surface area contributed by atoms with Gasteiger partial charge in [0.15, 0.2) is 0 Å². The third kappa shape index (κ3) is 98.3. The lowest BCUT2D eigenvalue weighted by atomic mass is 9.92. The minimum absolute atomic E-state index is 0.00845. The summed E-state index contributed by atoms with van der Waals surface area (Å²) < 4.78 is 147. The van der Waals surface area contributed by atoms with Crippen molar-refractivity contribution < 1.29 is 154 Å². The number of aliphatic hydroxyl groups is 6. The molecule has 0 aromatic heterocycles. The van der Waals surface area contributed by atoms with Gasteiger partial charge in [0, 0.05) is 159 Å². The van der Waals surface area contributed by atoms with Crippen LogP contribution in [0.25, 0.3) is 0 Å². The molecule has 0 saturated heterocycles. The Morgan fingerprint density at radius 3 is 0.531 bits per heavy atom. The first-order valence-electron chi connectivity index (χ1n) is 50.1. The molecular formula is C98H208O32. The normalized spacial score (nSPS) is 14.2. The molecule has 0 saturated carbocycles. The fraction of sp³-hybridized carbons (Fsp3) is 1.00. The summed E-state index contributed by atoms with van der Waals surface area (Å²) in [6.45, 7) is 69.1. The van der Waals surface area contributed by atoms with Gasteiger partial charge in [-0.1, -0.05) is 80.1 Å². The van der Waals surface area contributed by atoms with Crippen LogP contribution in [0.3, 0.4) is 0 Å². The summed E-state index contributed by atoms with van der Waals surface area (Å²) in [4.78, 5) is 0. The van der Waals surface area contributed by atoms with Crippen molar-refractivity contribution in [1.82, 2.24) is 0 Å². The molecule has 0 aliphatic carbocycles. The van der Waals surface area contributed by atoms with Crippen LogP contribution in [0.1, 0.15) is 242 Å². The number of unbranched alkanes of at least 4 members (excludes halogenated alkanes) is 6. The van der Waals surface area contributed by atoms with Crippen molar-refractivity contribution in [2.45, 2.75) is 284 Å². The van der Waals surface area contributed by atoms with Gasteiger partial charge in [0.25, 0.3) is 0 Å². The van der Waals surface area contributed by atoms with Crippen molar-refractivity contribution in [3.63, 3.8) is 0 Å². The van der Waals surface area contributed by atoms with Crippen LogP contribution in [-0.2, 0) is 123 Å². The Morgan fingerprint density at radius 1 is 0.169 bits per heavy atom. The average Bonchev–Trinajstić information content (AvgIpc) is 0.894. The van der Waals surface area contributed by atoms with Crippen molar-refractivity contribution in [3.8, 4) is 0 Å². The largest absolute Gasteiger partial charge is 0.396 e. The highest BCUT2D eigenvalue weighted by molar-refractivity contribution is 4.83. The monoisotopic (exact) mass is 1900 g/mol. The number of rotatable bonds is 97. The topological polar surface area (TPSA) is 361 Å². The van der Waals surface area contributed by atoms with Crippen LogP contribution < -0.4 is 0 Å². The molecule has 0 spiro atoms. The molecule has 0 aliphatic rings. The molecule has 0 aliphatic heterocycles.